The van der Waals surface area contributed by atoms with Crippen molar-refractivity contribution < 1.29 is 5.11 Å². The Labute approximate surface area is 138 Å². The number of hydrogen-bond acceptors (Lipinski definition) is 3. The van der Waals surface area contributed by atoms with Gasteiger partial charge >= 0.3 is 0 Å². The minimum atomic E-state index is -0.215. The molecule has 0 radical (unpaired) electrons. The number of aliphatic hydroxyl groups excluding tert-OH is 1. The molecule has 0 aromatic heterocycles. The van der Waals surface area contributed by atoms with Crippen LogP contribution in [0.1, 0.15) is 5.56 Å². The predicted molar refractivity (Wildman–Crippen MR) is 93.2 cm³/mol. The molecule has 0 aliphatic carbocycles. The Morgan fingerprint density at radius 2 is 1.77 bits per heavy atom. The van der Waals surface area contributed by atoms with Crippen molar-refractivity contribution in [2.75, 3.05) is 19.6 Å². The molecule has 4 heteroatoms. The Bertz CT molecular complexity index is 576. The monoisotopic (exact) mass is 318 g/mol. The molecule has 118 valence electrons. The second-order valence-corrected chi connectivity index (χ2v) is 5.68. The molecule has 0 amide bonds. The highest BCUT2D eigenvalue weighted by Crippen LogP contribution is 2.20. The van der Waals surface area contributed by atoms with Gasteiger partial charge in [-0.1, -0.05) is 48.5 Å². The van der Waals surface area contributed by atoms with E-state index >= 15 is 0 Å². The SMILES string of the molecule is Cl.OC1CNCC1CNCc1cccc(-c2ccccc2)c1. The highest BCUT2D eigenvalue weighted by atomic mass is 35.5. The van der Waals surface area contributed by atoms with E-state index in [-0.39, 0.29) is 18.5 Å². The molecule has 2 aromatic carbocycles. The molecule has 3 rings (SSSR count). The molecule has 22 heavy (non-hydrogen) atoms. The normalized spacial score (nSPS) is 20.6. The summed E-state index contributed by atoms with van der Waals surface area (Å²) in [7, 11) is 0. The van der Waals surface area contributed by atoms with Crippen LogP contribution < -0.4 is 10.6 Å². The number of aliphatic hydroxyl groups is 1. The number of β-amino-alcohol motifs (C(OH)–C–C–N with tert-alkyl or cyclic N) is 1. The third-order valence-electron chi connectivity index (χ3n) is 4.07. The topological polar surface area (TPSA) is 44.3 Å². The van der Waals surface area contributed by atoms with E-state index in [1.807, 2.05) is 6.07 Å². The highest BCUT2D eigenvalue weighted by Gasteiger charge is 2.23. The van der Waals surface area contributed by atoms with Crippen LogP contribution in [0.25, 0.3) is 11.1 Å². The lowest BCUT2D eigenvalue weighted by molar-refractivity contribution is 0.146. The van der Waals surface area contributed by atoms with E-state index in [2.05, 4.69) is 59.2 Å². The van der Waals surface area contributed by atoms with Crippen LogP contribution in [0, 0.1) is 5.92 Å². The van der Waals surface area contributed by atoms with Gasteiger partial charge < -0.3 is 15.7 Å². The first kappa shape index (κ1) is 17.0. The van der Waals surface area contributed by atoms with E-state index in [0.717, 1.165) is 26.2 Å². The lowest BCUT2D eigenvalue weighted by Gasteiger charge is -2.14. The molecular weight excluding hydrogens is 296 g/mol. The van der Waals surface area contributed by atoms with E-state index in [4.69, 9.17) is 0 Å². The van der Waals surface area contributed by atoms with E-state index in [1.165, 1.54) is 16.7 Å². The van der Waals surface area contributed by atoms with Crippen LogP contribution in [0.3, 0.4) is 0 Å². The minimum Gasteiger partial charge on any atom is -0.391 e. The lowest BCUT2D eigenvalue weighted by Crippen LogP contribution is -2.30. The number of halogens is 1. The molecule has 2 atom stereocenters. The third kappa shape index (κ3) is 4.31. The summed E-state index contributed by atoms with van der Waals surface area (Å²) in [6.07, 6.45) is -0.215. The van der Waals surface area contributed by atoms with Gasteiger partial charge in [0.15, 0.2) is 0 Å². The first-order valence-electron chi connectivity index (χ1n) is 7.57. The van der Waals surface area contributed by atoms with Crippen LogP contribution in [0.5, 0.6) is 0 Å². The average molecular weight is 319 g/mol. The summed E-state index contributed by atoms with van der Waals surface area (Å²) < 4.78 is 0. The molecule has 2 unspecified atom stereocenters. The van der Waals surface area contributed by atoms with Crippen LogP contribution in [-0.4, -0.2) is 30.8 Å². The molecule has 1 saturated heterocycles. The van der Waals surface area contributed by atoms with Crippen molar-refractivity contribution in [1.82, 2.24) is 10.6 Å². The summed E-state index contributed by atoms with van der Waals surface area (Å²) in [6, 6.07) is 19.0. The quantitative estimate of drug-likeness (QED) is 0.793. The number of benzene rings is 2. The van der Waals surface area contributed by atoms with Gasteiger partial charge in [-0.15, -0.1) is 12.4 Å². The fourth-order valence-corrected chi connectivity index (χ4v) is 2.82. The minimum absolute atomic E-state index is 0. The van der Waals surface area contributed by atoms with Gasteiger partial charge in [0.2, 0.25) is 0 Å². The Hall–Kier alpha value is -1.39. The molecule has 1 aliphatic rings. The molecular formula is C18H23ClN2O. The van der Waals surface area contributed by atoms with E-state index < -0.39 is 0 Å². The van der Waals surface area contributed by atoms with Crippen molar-refractivity contribution in [1.29, 1.82) is 0 Å². The molecule has 3 N–H and O–H groups in total. The highest BCUT2D eigenvalue weighted by molar-refractivity contribution is 5.85. The van der Waals surface area contributed by atoms with Crippen molar-refractivity contribution in [3.8, 4) is 11.1 Å². The lowest BCUT2D eigenvalue weighted by atomic mass is 10.0. The van der Waals surface area contributed by atoms with Gasteiger partial charge in [-0.2, -0.15) is 0 Å². The summed E-state index contributed by atoms with van der Waals surface area (Å²) in [5.41, 5.74) is 3.77. The first-order valence-corrected chi connectivity index (χ1v) is 7.57. The molecule has 1 fully saturated rings. The Balaban J connectivity index is 0.00000176. The van der Waals surface area contributed by atoms with Gasteiger partial charge in [0, 0.05) is 32.1 Å². The molecule has 2 aromatic rings. The maximum Gasteiger partial charge on any atom is 0.0716 e. The second-order valence-electron chi connectivity index (χ2n) is 5.68. The van der Waals surface area contributed by atoms with Crippen molar-refractivity contribution >= 4 is 12.4 Å². The summed E-state index contributed by atoms with van der Waals surface area (Å²) >= 11 is 0. The average Bonchev–Trinajstić information content (AvgIpc) is 2.94. The van der Waals surface area contributed by atoms with Crippen molar-refractivity contribution in [3.05, 3.63) is 60.2 Å². The number of hydrogen-bond donors (Lipinski definition) is 3. The first-order chi connectivity index (χ1) is 10.3. The number of rotatable bonds is 5. The standard InChI is InChI=1S/C18H22N2O.ClH/c21-18-13-20-12-17(18)11-19-10-14-5-4-8-16(9-14)15-6-2-1-3-7-15;/h1-9,17-21H,10-13H2;1H. The van der Waals surface area contributed by atoms with Crippen LogP contribution in [-0.2, 0) is 6.54 Å². The van der Waals surface area contributed by atoms with Crippen molar-refractivity contribution in [2.45, 2.75) is 12.6 Å². The van der Waals surface area contributed by atoms with E-state index in [1.54, 1.807) is 0 Å². The summed E-state index contributed by atoms with van der Waals surface area (Å²) in [5, 5.41) is 16.4. The largest absolute Gasteiger partial charge is 0.391 e. The number of nitrogens with one attached hydrogen (secondary N) is 2. The van der Waals surface area contributed by atoms with Crippen LogP contribution in [0.2, 0.25) is 0 Å². The second kappa shape index (κ2) is 8.30. The smallest absolute Gasteiger partial charge is 0.0716 e. The van der Waals surface area contributed by atoms with Crippen molar-refractivity contribution in [2.24, 2.45) is 5.92 Å². The van der Waals surface area contributed by atoms with Crippen LogP contribution in [0.15, 0.2) is 54.6 Å². The van der Waals surface area contributed by atoms with Gasteiger partial charge in [0.05, 0.1) is 6.10 Å². The maximum absolute atomic E-state index is 9.78. The van der Waals surface area contributed by atoms with Gasteiger partial charge in [0.1, 0.15) is 0 Å². The molecule has 3 nitrogen and oxygen atoms in total. The van der Waals surface area contributed by atoms with Crippen molar-refractivity contribution in [3.63, 3.8) is 0 Å². The molecule has 0 saturated carbocycles. The van der Waals surface area contributed by atoms with Crippen LogP contribution >= 0.6 is 12.4 Å². The summed E-state index contributed by atoms with van der Waals surface area (Å²) in [5.74, 6) is 0.322. The van der Waals surface area contributed by atoms with Crippen LogP contribution in [0.4, 0.5) is 0 Å². The zero-order chi connectivity index (χ0) is 14.5. The predicted octanol–water partition coefficient (Wildman–Crippen LogP) is 2.45. The summed E-state index contributed by atoms with van der Waals surface area (Å²) in [6.45, 7) is 3.31. The summed E-state index contributed by atoms with van der Waals surface area (Å²) in [4.78, 5) is 0. The fraction of sp³-hybridized carbons (Fsp3) is 0.333. The fourth-order valence-electron chi connectivity index (χ4n) is 2.82. The zero-order valence-corrected chi connectivity index (χ0v) is 13.4. The van der Waals surface area contributed by atoms with E-state index in [9.17, 15) is 5.11 Å². The Kier molecular flexibility index (Phi) is 6.40. The van der Waals surface area contributed by atoms with E-state index in [0.29, 0.717) is 5.92 Å². The molecule has 1 heterocycles. The van der Waals surface area contributed by atoms with Gasteiger partial charge in [-0.05, 0) is 22.8 Å². The van der Waals surface area contributed by atoms with Gasteiger partial charge in [-0.25, -0.2) is 0 Å². The molecule has 0 spiro atoms. The van der Waals surface area contributed by atoms with Gasteiger partial charge in [-0.3, -0.25) is 0 Å². The molecule has 0 bridgehead atoms. The Morgan fingerprint density at radius 3 is 2.50 bits per heavy atom. The molecule has 1 aliphatic heterocycles. The van der Waals surface area contributed by atoms with Gasteiger partial charge in [0.25, 0.3) is 0 Å². The zero-order valence-electron chi connectivity index (χ0n) is 12.5. The Morgan fingerprint density at radius 1 is 1.00 bits per heavy atom. The third-order valence-corrected chi connectivity index (χ3v) is 4.07. The maximum atomic E-state index is 9.78.